The van der Waals surface area contributed by atoms with Gasteiger partial charge in [-0.05, 0) is 50.8 Å². The van der Waals surface area contributed by atoms with E-state index in [-0.39, 0.29) is 24.1 Å². The fraction of sp³-hybridized carbons (Fsp3) is 0.379. The second-order valence-corrected chi connectivity index (χ2v) is 10.6. The Morgan fingerprint density at radius 1 is 1.05 bits per heavy atom. The first kappa shape index (κ1) is 29.7. The first-order valence-corrected chi connectivity index (χ1v) is 13.0. The van der Waals surface area contributed by atoms with Crippen LogP contribution in [0.5, 0.6) is 0 Å². The summed E-state index contributed by atoms with van der Waals surface area (Å²) in [5.41, 5.74) is 2.18. The van der Waals surface area contributed by atoms with Crippen LogP contribution < -0.4 is 10.9 Å². The van der Waals surface area contributed by atoms with E-state index in [4.69, 9.17) is 21.1 Å². The summed E-state index contributed by atoms with van der Waals surface area (Å²) in [6.07, 6.45) is 0.201. The number of carbonyl (C=O) groups is 2. The lowest BCUT2D eigenvalue weighted by Crippen LogP contribution is -2.33. The highest BCUT2D eigenvalue weighted by molar-refractivity contribution is 6.30. The fourth-order valence-electron chi connectivity index (χ4n) is 3.72. The van der Waals surface area contributed by atoms with Gasteiger partial charge in [0.2, 0.25) is 0 Å². The molecule has 0 aliphatic carbocycles. The molecule has 0 saturated carbocycles. The first-order valence-electron chi connectivity index (χ1n) is 12.6. The van der Waals surface area contributed by atoms with Gasteiger partial charge in [0.15, 0.2) is 11.0 Å². The molecule has 39 heavy (non-hydrogen) atoms. The molecule has 3 aromatic rings. The lowest BCUT2D eigenvalue weighted by atomic mass is 10.1. The van der Waals surface area contributed by atoms with Crippen LogP contribution in [0.1, 0.15) is 43.2 Å². The van der Waals surface area contributed by atoms with E-state index in [0.717, 1.165) is 16.7 Å². The third-order valence-corrected chi connectivity index (χ3v) is 6.07. The molecule has 0 bridgehead atoms. The predicted octanol–water partition coefficient (Wildman–Crippen LogP) is 4.97. The lowest BCUT2D eigenvalue weighted by Gasteiger charge is -2.24. The van der Waals surface area contributed by atoms with E-state index in [1.54, 1.807) is 14.0 Å². The molecule has 2 aromatic carbocycles. The zero-order valence-electron chi connectivity index (χ0n) is 23.0. The minimum Gasteiger partial charge on any atom is -0.459 e. The van der Waals surface area contributed by atoms with Crippen molar-refractivity contribution in [1.29, 1.82) is 0 Å². The number of nitrogens with one attached hydrogen (secondary N) is 1. The minimum atomic E-state index is -0.563. The predicted molar refractivity (Wildman–Crippen MR) is 151 cm³/mol. The van der Waals surface area contributed by atoms with Gasteiger partial charge in [0, 0.05) is 20.1 Å². The summed E-state index contributed by atoms with van der Waals surface area (Å²) in [6, 6.07) is 17.1. The summed E-state index contributed by atoms with van der Waals surface area (Å²) in [5.74, 6) is -0.493. The third kappa shape index (κ3) is 9.14. The molecule has 3 rings (SSSR count). The average molecular weight is 555 g/mol. The summed E-state index contributed by atoms with van der Waals surface area (Å²) < 4.78 is 12.0. The highest BCUT2D eigenvalue weighted by Gasteiger charge is 2.20. The van der Waals surface area contributed by atoms with Crippen LogP contribution in [0.4, 0.5) is 10.6 Å². The number of nitrogens with zero attached hydrogens (tertiary/aromatic N) is 3. The largest absolute Gasteiger partial charge is 0.459 e. The maximum absolute atomic E-state index is 13.1. The van der Waals surface area contributed by atoms with Gasteiger partial charge in [-0.3, -0.25) is 14.2 Å². The van der Waals surface area contributed by atoms with E-state index in [1.807, 2.05) is 75.4 Å². The molecule has 1 amide bonds. The quantitative estimate of drug-likeness (QED) is 0.353. The van der Waals surface area contributed by atoms with Crippen LogP contribution in [0.3, 0.4) is 0 Å². The number of rotatable bonds is 10. The second kappa shape index (κ2) is 13.3. The van der Waals surface area contributed by atoms with E-state index < -0.39 is 23.2 Å². The monoisotopic (exact) mass is 554 g/mol. The van der Waals surface area contributed by atoms with Crippen LogP contribution in [0.2, 0.25) is 5.15 Å². The van der Waals surface area contributed by atoms with Gasteiger partial charge >= 0.3 is 12.1 Å². The molecule has 1 N–H and O–H groups in total. The van der Waals surface area contributed by atoms with E-state index in [0.29, 0.717) is 25.2 Å². The van der Waals surface area contributed by atoms with Crippen molar-refractivity contribution in [2.45, 2.75) is 59.4 Å². The van der Waals surface area contributed by atoms with Gasteiger partial charge in [0.1, 0.15) is 18.8 Å². The Hall–Kier alpha value is -3.85. The molecule has 0 aliphatic rings. The van der Waals surface area contributed by atoms with Gasteiger partial charge in [-0.25, -0.2) is 9.78 Å². The van der Waals surface area contributed by atoms with Crippen LogP contribution in [0.25, 0.3) is 0 Å². The van der Waals surface area contributed by atoms with Crippen molar-refractivity contribution in [3.8, 4) is 0 Å². The van der Waals surface area contributed by atoms with Crippen LogP contribution in [-0.2, 0) is 40.4 Å². The molecule has 0 aliphatic heterocycles. The fourth-order valence-corrected chi connectivity index (χ4v) is 3.91. The average Bonchev–Trinajstić information content (AvgIpc) is 2.88. The minimum absolute atomic E-state index is 0.0577. The maximum Gasteiger partial charge on any atom is 0.410 e. The lowest BCUT2D eigenvalue weighted by molar-refractivity contribution is -0.145. The highest BCUT2D eigenvalue weighted by atomic mass is 35.5. The van der Waals surface area contributed by atoms with Crippen molar-refractivity contribution in [2.24, 2.45) is 0 Å². The zero-order valence-corrected chi connectivity index (χ0v) is 23.7. The molecule has 0 radical (unpaired) electrons. The van der Waals surface area contributed by atoms with E-state index >= 15 is 0 Å². The summed E-state index contributed by atoms with van der Waals surface area (Å²) in [4.78, 5) is 43.5. The Kier molecular flexibility index (Phi) is 10.1. The molecule has 1 aromatic heterocycles. The molecule has 0 unspecified atom stereocenters. The number of amides is 1. The summed E-state index contributed by atoms with van der Waals surface area (Å²) in [7, 11) is 1.69. The summed E-state index contributed by atoms with van der Waals surface area (Å²) in [6.45, 7) is 7.76. The standard InChI is InChI=1S/C29H35ClN4O5/c1-20-25(30)32-26(27(36)34(20)18-24(35)38-19-22-10-7-6-8-11-22)31-15-14-21-12-9-13-23(16-21)17-33(5)28(37)39-29(2,3)4/h6-13,16H,14-15,17-19H2,1-5H3,(H,31,32). The molecule has 208 valence electrons. The number of esters is 1. The number of hydrogen-bond acceptors (Lipinski definition) is 7. The number of anilines is 1. The van der Waals surface area contributed by atoms with E-state index in [1.165, 1.54) is 9.47 Å². The number of hydrogen-bond donors (Lipinski definition) is 1. The van der Waals surface area contributed by atoms with Gasteiger partial charge in [0.25, 0.3) is 5.56 Å². The van der Waals surface area contributed by atoms with Gasteiger partial charge in [0.05, 0.1) is 5.69 Å². The number of aromatic nitrogens is 2. The van der Waals surface area contributed by atoms with Crippen molar-refractivity contribution >= 4 is 29.5 Å². The zero-order chi connectivity index (χ0) is 28.6. The molecule has 0 saturated heterocycles. The van der Waals surface area contributed by atoms with Crippen molar-refractivity contribution in [3.05, 3.63) is 92.5 Å². The molecular formula is C29H35ClN4O5. The number of ether oxygens (including phenoxy) is 2. The number of carbonyl (C=O) groups excluding carboxylic acids is 2. The topological polar surface area (TPSA) is 103 Å². The van der Waals surface area contributed by atoms with Crippen molar-refractivity contribution in [1.82, 2.24) is 14.5 Å². The Bertz CT molecular complexity index is 1350. The Morgan fingerprint density at radius 2 is 1.72 bits per heavy atom. The smallest absolute Gasteiger partial charge is 0.410 e. The van der Waals surface area contributed by atoms with Gasteiger partial charge in [-0.1, -0.05) is 66.2 Å². The molecular weight excluding hydrogens is 520 g/mol. The van der Waals surface area contributed by atoms with Crippen LogP contribution in [0, 0.1) is 6.92 Å². The summed E-state index contributed by atoms with van der Waals surface area (Å²) in [5, 5.41) is 3.16. The number of benzene rings is 2. The molecule has 9 nitrogen and oxygen atoms in total. The van der Waals surface area contributed by atoms with Crippen molar-refractivity contribution in [2.75, 3.05) is 18.9 Å². The SMILES string of the molecule is Cc1c(Cl)nc(NCCc2cccc(CN(C)C(=O)OC(C)(C)C)c2)c(=O)n1CC(=O)OCc1ccccc1. The van der Waals surface area contributed by atoms with Crippen molar-refractivity contribution < 1.29 is 19.1 Å². The second-order valence-electron chi connectivity index (χ2n) is 10.2. The van der Waals surface area contributed by atoms with Crippen LogP contribution in [0.15, 0.2) is 59.4 Å². The third-order valence-electron chi connectivity index (χ3n) is 5.71. The van der Waals surface area contributed by atoms with E-state index in [2.05, 4.69) is 10.3 Å². The van der Waals surface area contributed by atoms with Crippen LogP contribution in [-0.4, -0.2) is 45.7 Å². The maximum atomic E-state index is 13.1. The molecule has 10 heteroatoms. The van der Waals surface area contributed by atoms with E-state index in [9.17, 15) is 14.4 Å². The normalized spacial score (nSPS) is 11.1. The molecule has 0 fully saturated rings. The van der Waals surface area contributed by atoms with Crippen molar-refractivity contribution in [3.63, 3.8) is 0 Å². The van der Waals surface area contributed by atoms with Gasteiger partial charge in [-0.15, -0.1) is 0 Å². The highest BCUT2D eigenvalue weighted by Crippen LogP contribution is 2.15. The summed E-state index contributed by atoms with van der Waals surface area (Å²) >= 11 is 6.27. The Balaban J connectivity index is 1.60. The first-order chi connectivity index (χ1) is 18.4. The van der Waals surface area contributed by atoms with Gasteiger partial charge < -0.3 is 19.7 Å². The molecule has 0 spiro atoms. The molecule has 1 heterocycles. The Labute approximate surface area is 233 Å². The van der Waals surface area contributed by atoms with Gasteiger partial charge in [-0.2, -0.15) is 0 Å². The Morgan fingerprint density at radius 3 is 2.41 bits per heavy atom. The molecule has 0 atom stereocenters. The number of halogens is 1. The van der Waals surface area contributed by atoms with Crippen LogP contribution >= 0.6 is 11.6 Å².